The zero-order valence-corrected chi connectivity index (χ0v) is 29.0. The van der Waals surface area contributed by atoms with Crippen LogP contribution in [0.5, 0.6) is 0 Å². The third-order valence-corrected chi connectivity index (χ3v) is 9.41. The van der Waals surface area contributed by atoms with E-state index in [1.54, 1.807) is 36.4 Å². The van der Waals surface area contributed by atoms with Crippen molar-refractivity contribution in [3.63, 3.8) is 0 Å². The van der Waals surface area contributed by atoms with Crippen LogP contribution in [0, 0.1) is 11.6 Å². The summed E-state index contributed by atoms with van der Waals surface area (Å²) >= 11 is 11.8. The van der Waals surface area contributed by atoms with E-state index in [4.69, 9.17) is 28.9 Å². The molecular formula is C32H31Cl2F2N3O7S2. The van der Waals surface area contributed by atoms with Gasteiger partial charge in [0.15, 0.2) is 5.78 Å². The molecule has 4 aromatic rings. The van der Waals surface area contributed by atoms with Gasteiger partial charge in [-0.3, -0.25) is 13.4 Å². The van der Waals surface area contributed by atoms with Crippen molar-refractivity contribution in [1.82, 2.24) is 0 Å². The molecule has 0 aromatic heterocycles. The van der Waals surface area contributed by atoms with Crippen molar-refractivity contribution in [3.05, 3.63) is 129 Å². The van der Waals surface area contributed by atoms with Crippen LogP contribution >= 0.6 is 23.2 Å². The minimum atomic E-state index is -3.66. The molecule has 4 rings (SSSR count). The molecule has 0 aliphatic rings. The maximum Gasteiger partial charge on any atom is 0.337 e. The van der Waals surface area contributed by atoms with Crippen LogP contribution in [0.15, 0.2) is 84.9 Å². The number of esters is 1. The van der Waals surface area contributed by atoms with Crippen molar-refractivity contribution >= 4 is 66.4 Å². The summed E-state index contributed by atoms with van der Waals surface area (Å²) in [6.45, 7) is -0.675. The highest BCUT2D eigenvalue weighted by Gasteiger charge is 2.22. The zero-order valence-electron chi connectivity index (χ0n) is 25.9. The first kappa shape index (κ1) is 38.4. The molecule has 0 saturated carbocycles. The second-order valence-electron chi connectivity index (χ2n) is 10.2. The lowest BCUT2D eigenvalue weighted by molar-refractivity contribution is 0.0600. The van der Waals surface area contributed by atoms with Gasteiger partial charge in [-0.1, -0.05) is 53.5 Å². The van der Waals surface area contributed by atoms with Gasteiger partial charge in [0.1, 0.15) is 11.6 Å². The molecule has 0 unspecified atom stereocenters. The van der Waals surface area contributed by atoms with E-state index >= 15 is 0 Å². The van der Waals surface area contributed by atoms with E-state index < -0.39 is 43.4 Å². The van der Waals surface area contributed by atoms with Crippen molar-refractivity contribution in [2.75, 3.05) is 34.8 Å². The number of nitrogens with zero attached hydrogens (tertiary/aromatic N) is 2. The molecule has 0 fully saturated rings. The molecule has 48 heavy (non-hydrogen) atoms. The summed E-state index contributed by atoms with van der Waals surface area (Å²) in [6.07, 6.45) is 2.05. The number of hydrogen-bond acceptors (Lipinski definition) is 8. The Morgan fingerprint density at radius 1 is 0.708 bits per heavy atom. The molecule has 0 atom stereocenters. The molecule has 0 bridgehead atoms. The fourth-order valence-corrected chi connectivity index (χ4v) is 6.37. The lowest BCUT2D eigenvalue weighted by Crippen LogP contribution is -2.29. The standard InChI is InChI=1S/C16H16ClFN2O3S.C16H15ClFNO4S/c1-24(22,23)20(14-4-2-3-13(17)8-14)10-12-6-5-11(7-15(12)18)16(21)9-19;1-23-16(20)11-6-7-12(15(18)8-11)10-19(24(2,21)22)14-5-3-4-13(17)9-14/h2-8H,9-10,19H2,1H3;3-9H,10H2,1-2H3. The quantitative estimate of drug-likeness (QED) is 0.150. The Morgan fingerprint density at radius 2 is 1.12 bits per heavy atom. The van der Waals surface area contributed by atoms with Crippen molar-refractivity contribution in [2.24, 2.45) is 5.73 Å². The molecule has 256 valence electrons. The van der Waals surface area contributed by atoms with Crippen LogP contribution < -0.4 is 14.3 Å². The minimum Gasteiger partial charge on any atom is -0.465 e. The monoisotopic (exact) mass is 741 g/mol. The van der Waals surface area contributed by atoms with Crippen LogP contribution in [-0.4, -0.2) is 54.8 Å². The van der Waals surface area contributed by atoms with E-state index in [0.29, 0.717) is 21.4 Å². The molecule has 4 aromatic carbocycles. The number of ether oxygens (including phenoxy) is 1. The number of ketones is 1. The topological polar surface area (TPSA) is 144 Å². The molecule has 16 heteroatoms. The van der Waals surface area contributed by atoms with Crippen LogP contribution in [0.25, 0.3) is 0 Å². The summed E-state index contributed by atoms with van der Waals surface area (Å²) in [5, 5.41) is 0.730. The van der Waals surface area contributed by atoms with Gasteiger partial charge >= 0.3 is 5.97 Å². The number of carbonyl (C=O) groups excluding carboxylic acids is 2. The van der Waals surface area contributed by atoms with Crippen LogP contribution in [0.3, 0.4) is 0 Å². The number of nitrogens with two attached hydrogens (primary N) is 1. The molecule has 0 radical (unpaired) electrons. The van der Waals surface area contributed by atoms with E-state index in [-0.39, 0.29) is 41.9 Å². The Labute approximate surface area is 287 Å². The first-order valence-corrected chi connectivity index (χ1v) is 18.2. The number of methoxy groups -OCH3 is 1. The highest BCUT2D eigenvalue weighted by atomic mass is 35.5. The molecule has 10 nitrogen and oxygen atoms in total. The summed E-state index contributed by atoms with van der Waals surface area (Å²) < 4.78 is 83.4. The van der Waals surface area contributed by atoms with Gasteiger partial charge in [0.05, 0.1) is 56.2 Å². The second-order valence-corrected chi connectivity index (χ2v) is 14.9. The summed E-state index contributed by atoms with van der Waals surface area (Å²) in [5.74, 6) is -2.44. The fraction of sp³-hybridized carbons (Fsp3) is 0.188. The Morgan fingerprint density at radius 3 is 1.48 bits per heavy atom. The third kappa shape index (κ3) is 10.5. The van der Waals surface area contributed by atoms with Gasteiger partial charge in [0, 0.05) is 26.7 Å². The van der Waals surface area contributed by atoms with Crippen LogP contribution in [0.4, 0.5) is 20.2 Å². The number of Topliss-reactive ketones (excluding diaryl/α,β-unsaturated/α-hetero) is 1. The number of anilines is 2. The molecule has 2 N–H and O–H groups in total. The first-order valence-electron chi connectivity index (χ1n) is 13.8. The first-order chi connectivity index (χ1) is 22.4. The maximum atomic E-state index is 14.2. The number of benzene rings is 4. The summed E-state index contributed by atoms with van der Waals surface area (Å²) in [5.41, 5.74) is 6.34. The van der Waals surface area contributed by atoms with E-state index in [1.807, 2.05) is 0 Å². The lowest BCUT2D eigenvalue weighted by Gasteiger charge is -2.23. The van der Waals surface area contributed by atoms with E-state index in [1.165, 1.54) is 43.5 Å². The van der Waals surface area contributed by atoms with Gasteiger partial charge in [-0.05, 0) is 54.6 Å². The van der Waals surface area contributed by atoms with Gasteiger partial charge in [-0.2, -0.15) is 0 Å². The number of sulfonamides is 2. The number of carbonyl (C=O) groups is 2. The van der Waals surface area contributed by atoms with Crippen molar-refractivity contribution in [3.8, 4) is 0 Å². The van der Waals surface area contributed by atoms with E-state index in [9.17, 15) is 35.2 Å². The number of rotatable bonds is 11. The largest absolute Gasteiger partial charge is 0.465 e. The van der Waals surface area contributed by atoms with Crippen LogP contribution in [0.1, 0.15) is 31.8 Å². The minimum absolute atomic E-state index is 0.0485. The van der Waals surface area contributed by atoms with Crippen LogP contribution in [0.2, 0.25) is 10.0 Å². The molecule has 0 aliphatic carbocycles. The van der Waals surface area contributed by atoms with E-state index in [0.717, 1.165) is 33.3 Å². The molecule has 0 heterocycles. The number of halogens is 4. The average molecular weight is 743 g/mol. The van der Waals surface area contributed by atoms with Gasteiger partial charge in [0.25, 0.3) is 0 Å². The Hall–Kier alpha value is -4.08. The SMILES string of the molecule is COC(=O)c1ccc(CN(c2cccc(Cl)c2)S(C)(=O)=O)c(F)c1.CS(=O)(=O)N(Cc1ccc(C(=O)CN)cc1F)c1cccc(Cl)c1. The van der Waals surface area contributed by atoms with Gasteiger partial charge in [-0.15, -0.1) is 0 Å². The lowest BCUT2D eigenvalue weighted by atomic mass is 10.1. The Balaban J connectivity index is 0.000000260. The zero-order chi connectivity index (χ0) is 35.8. The van der Waals surface area contributed by atoms with Crippen molar-refractivity contribution in [1.29, 1.82) is 0 Å². The fourth-order valence-electron chi connectivity index (χ4n) is 4.26. The Kier molecular flexibility index (Phi) is 13.1. The van der Waals surface area contributed by atoms with Crippen molar-refractivity contribution in [2.45, 2.75) is 13.1 Å². The molecule has 0 saturated heterocycles. The predicted octanol–water partition coefficient (Wildman–Crippen LogP) is 5.82. The smallest absolute Gasteiger partial charge is 0.337 e. The summed E-state index contributed by atoms with van der Waals surface area (Å²) in [7, 11) is -6.13. The molecule has 0 amide bonds. The number of hydrogen-bond donors (Lipinski definition) is 1. The normalized spacial score (nSPS) is 11.2. The maximum absolute atomic E-state index is 14.2. The Bertz CT molecular complexity index is 1890. The second kappa shape index (κ2) is 16.3. The van der Waals surface area contributed by atoms with Gasteiger partial charge < -0.3 is 10.5 Å². The highest BCUT2D eigenvalue weighted by Crippen LogP contribution is 2.26. The molecule has 0 aliphatic heterocycles. The molecule has 0 spiro atoms. The van der Waals surface area contributed by atoms with Gasteiger partial charge in [-0.25, -0.2) is 30.4 Å². The average Bonchev–Trinajstić information content (AvgIpc) is 3.01. The predicted molar refractivity (Wildman–Crippen MR) is 182 cm³/mol. The third-order valence-electron chi connectivity index (χ3n) is 6.66. The van der Waals surface area contributed by atoms with Gasteiger partial charge in [0.2, 0.25) is 20.0 Å². The summed E-state index contributed by atoms with van der Waals surface area (Å²) in [6, 6.07) is 20.1. The van der Waals surface area contributed by atoms with Crippen LogP contribution in [-0.2, 0) is 37.9 Å². The highest BCUT2D eigenvalue weighted by molar-refractivity contribution is 7.92. The van der Waals surface area contributed by atoms with E-state index in [2.05, 4.69) is 4.74 Å². The van der Waals surface area contributed by atoms with Crippen molar-refractivity contribution < 1.29 is 39.9 Å². The molecular weight excluding hydrogens is 711 g/mol. The summed E-state index contributed by atoms with van der Waals surface area (Å²) in [4.78, 5) is 22.9.